The average molecular weight is 513 g/mol. The van der Waals surface area contributed by atoms with E-state index in [1.54, 1.807) is 0 Å². The van der Waals surface area contributed by atoms with Gasteiger partial charge in [0.15, 0.2) is 21.6 Å². The van der Waals surface area contributed by atoms with E-state index >= 15 is 0 Å². The molecule has 27 heavy (non-hydrogen) atoms. The summed E-state index contributed by atoms with van der Waals surface area (Å²) in [7, 11) is -2.87. The lowest BCUT2D eigenvalue weighted by atomic mass is 9.90. The molecular formula is C18H32IN3O4S. The summed E-state index contributed by atoms with van der Waals surface area (Å²) in [6, 6.07) is 0. The molecule has 0 aromatic rings. The van der Waals surface area contributed by atoms with Crippen molar-refractivity contribution in [2.24, 2.45) is 16.8 Å². The van der Waals surface area contributed by atoms with Gasteiger partial charge in [0.1, 0.15) is 0 Å². The first kappa shape index (κ1) is 22.9. The number of hydrogen-bond acceptors (Lipinski definition) is 5. The van der Waals surface area contributed by atoms with Crippen LogP contribution in [0.5, 0.6) is 0 Å². The molecule has 0 aromatic carbocycles. The number of guanidine groups is 1. The Labute approximate surface area is 179 Å². The summed E-state index contributed by atoms with van der Waals surface area (Å²) in [5, 5.41) is 3.33. The summed E-state index contributed by atoms with van der Waals surface area (Å²) in [5.74, 6) is 1.29. The number of likely N-dealkylation sites (tertiary alicyclic amines) is 1. The third kappa shape index (κ3) is 6.04. The van der Waals surface area contributed by atoms with Crippen molar-refractivity contribution >= 4 is 39.8 Å². The summed E-state index contributed by atoms with van der Waals surface area (Å²) < 4.78 is 35.1. The van der Waals surface area contributed by atoms with Crippen LogP contribution in [0.4, 0.5) is 0 Å². The van der Waals surface area contributed by atoms with Gasteiger partial charge in [-0.15, -0.1) is 30.6 Å². The van der Waals surface area contributed by atoms with Gasteiger partial charge < -0.3 is 19.7 Å². The van der Waals surface area contributed by atoms with E-state index in [4.69, 9.17) is 14.5 Å². The Balaban J connectivity index is 0.00000261. The van der Waals surface area contributed by atoms with Gasteiger partial charge in [-0.25, -0.2) is 8.42 Å². The van der Waals surface area contributed by atoms with Crippen LogP contribution in [0, 0.1) is 11.8 Å². The highest BCUT2D eigenvalue weighted by atomic mass is 127. The van der Waals surface area contributed by atoms with Crippen molar-refractivity contribution in [3.63, 3.8) is 0 Å². The molecule has 3 heterocycles. The summed E-state index contributed by atoms with van der Waals surface area (Å²) >= 11 is 0. The standard InChI is InChI=1S/C18H31N3O4S.HI/c1-3-7-19-17(20-12-15-6-11-26(22,23)14-15)21-8-4-5-16(13-21)18(2)24-9-10-25-18;/h3,15-16H,1,4-14H2,2H3,(H,19,20);1H. The molecule has 0 aromatic heterocycles. The van der Waals surface area contributed by atoms with Crippen LogP contribution in [0.15, 0.2) is 17.6 Å². The fraction of sp³-hybridized carbons (Fsp3) is 0.833. The molecule has 0 radical (unpaired) electrons. The van der Waals surface area contributed by atoms with Gasteiger partial charge in [-0.3, -0.25) is 4.99 Å². The van der Waals surface area contributed by atoms with Crippen LogP contribution >= 0.6 is 24.0 Å². The minimum Gasteiger partial charge on any atom is -0.353 e. The first-order valence-corrected chi connectivity index (χ1v) is 11.4. The first-order chi connectivity index (χ1) is 12.4. The van der Waals surface area contributed by atoms with Gasteiger partial charge in [-0.2, -0.15) is 0 Å². The van der Waals surface area contributed by atoms with E-state index in [0.717, 1.165) is 31.9 Å². The second-order valence-corrected chi connectivity index (χ2v) is 9.83. The smallest absolute Gasteiger partial charge is 0.194 e. The van der Waals surface area contributed by atoms with E-state index in [2.05, 4.69) is 16.8 Å². The number of nitrogens with one attached hydrogen (secondary N) is 1. The highest BCUT2D eigenvalue weighted by Gasteiger charge is 2.42. The van der Waals surface area contributed by atoms with Crippen molar-refractivity contribution in [2.45, 2.75) is 32.0 Å². The third-order valence-electron chi connectivity index (χ3n) is 5.55. The predicted molar refractivity (Wildman–Crippen MR) is 117 cm³/mol. The minimum atomic E-state index is -2.87. The van der Waals surface area contributed by atoms with Crippen molar-refractivity contribution in [3.05, 3.63) is 12.7 Å². The van der Waals surface area contributed by atoms with Crippen molar-refractivity contribution in [3.8, 4) is 0 Å². The highest BCUT2D eigenvalue weighted by molar-refractivity contribution is 14.0. The minimum absolute atomic E-state index is 0. The van der Waals surface area contributed by atoms with Gasteiger partial charge in [0.2, 0.25) is 0 Å². The SMILES string of the molecule is C=CCNC(=NCC1CCS(=O)(=O)C1)N1CCCC(C2(C)OCCO2)C1.I. The van der Waals surface area contributed by atoms with Crippen LogP contribution in [-0.2, 0) is 19.3 Å². The van der Waals surface area contributed by atoms with Gasteiger partial charge in [-0.1, -0.05) is 6.08 Å². The van der Waals surface area contributed by atoms with E-state index in [1.807, 2.05) is 13.0 Å². The maximum atomic E-state index is 11.7. The first-order valence-electron chi connectivity index (χ1n) is 9.54. The van der Waals surface area contributed by atoms with E-state index in [9.17, 15) is 8.42 Å². The van der Waals surface area contributed by atoms with Crippen LogP contribution in [0.1, 0.15) is 26.2 Å². The molecule has 3 aliphatic heterocycles. The molecule has 3 aliphatic rings. The number of sulfone groups is 1. The molecular weight excluding hydrogens is 481 g/mol. The third-order valence-corrected chi connectivity index (χ3v) is 7.39. The molecule has 0 saturated carbocycles. The van der Waals surface area contributed by atoms with Crippen molar-refractivity contribution in [2.75, 3.05) is 50.9 Å². The predicted octanol–water partition coefficient (Wildman–Crippen LogP) is 1.65. The molecule has 0 bridgehead atoms. The Bertz CT molecular complexity index is 635. The zero-order valence-corrected chi connectivity index (χ0v) is 19.2. The second kappa shape index (κ2) is 9.89. The van der Waals surface area contributed by atoms with Gasteiger partial charge in [0.05, 0.1) is 24.7 Å². The van der Waals surface area contributed by atoms with Crippen LogP contribution in [-0.4, -0.2) is 76.0 Å². The van der Waals surface area contributed by atoms with Crippen molar-refractivity contribution in [1.82, 2.24) is 10.2 Å². The number of piperidine rings is 1. The molecule has 7 nitrogen and oxygen atoms in total. The highest BCUT2D eigenvalue weighted by Crippen LogP contribution is 2.34. The van der Waals surface area contributed by atoms with Crippen LogP contribution < -0.4 is 5.32 Å². The molecule has 3 rings (SSSR count). The molecule has 0 spiro atoms. The van der Waals surface area contributed by atoms with Gasteiger partial charge >= 0.3 is 0 Å². The van der Waals surface area contributed by atoms with E-state index in [1.165, 1.54) is 0 Å². The van der Waals surface area contributed by atoms with Crippen LogP contribution in [0.3, 0.4) is 0 Å². The van der Waals surface area contributed by atoms with Crippen LogP contribution in [0.25, 0.3) is 0 Å². The van der Waals surface area contributed by atoms with Gasteiger partial charge in [-0.05, 0) is 32.1 Å². The Kier molecular flexibility index (Phi) is 8.38. The van der Waals surface area contributed by atoms with E-state index < -0.39 is 15.6 Å². The molecule has 2 unspecified atom stereocenters. The Morgan fingerprint density at radius 3 is 2.74 bits per heavy atom. The maximum Gasteiger partial charge on any atom is 0.194 e. The quantitative estimate of drug-likeness (QED) is 0.261. The second-order valence-electron chi connectivity index (χ2n) is 7.60. The molecule has 9 heteroatoms. The zero-order chi connectivity index (χ0) is 18.6. The Morgan fingerprint density at radius 2 is 2.11 bits per heavy atom. The fourth-order valence-corrected chi connectivity index (χ4v) is 5.88. The van der Waals surface area contributed by atoms with E-state index in [-0.39, 0.29) is 35.6 Å². The Hall–Kier alpha value is -0.390. The van der Waals surface area contributed by atoms with E-state index in [0.29, 0.717) is 44.4 Å². The number of ether oxygens (including phenoxy) is 2. The van der Waals surface area contributed by atoms with Gasteiger partial charge in [0.25, 0.3) is 0 Å². The molecule has 156 valence electrons. The number of halogens is 1. The number of nitrogens with zero attached hydrogens (tertiary/aromatic N) is 2. The largest absolute Gasteiger partial charge is 0.353 e. The zero-order valence-electron chi connectivity index (χ0n) is 16.1. The number of rotatable bonds is 5. The number of hydrogen-bond donors (Lipinski definition) is 1. The summed E-state index contributed by atoms with van der Waals surface area (Å²) in [6.07, 6.45) is 4.65. The van der Waals surface area contributed by atoms with Crippen molar-refractivity contribution < 1.29 is 17.9 Å². The molecule has 3 fully saturated rings. The maximum absolute atomic E-state index is 11.7. The molecule has 3 saturated heterocycles. The molecule has 1 N–H and O–H groups in total. The summed E-state index contributed by atoms with van der Waals surface area (Å²) in [5.41, 5.74) is 0. The van der Waals surface area contributed by atoms with Crippen molar-refractivity contribution in [1.29, 1.82) is 0 Å². The lowest BCUT2D eigenvalue weighted by molar-refractivity contribution is -0.189. The van der Waals surface area contributed by atoms with Gasteiger partial charge in [0, 0.05) is 32.1 Å². The van der Waals surface area contributed by atoms with Crippen LogP contribution in [0.2, 0.25) is 0 Å². The average Bonchev–Trinajstić information content (AvgIpc) is 3.21. The molecule has 0 amide bonds. The molecule has 2 atom stereocenters. The Morgan fingerprint density at radius 1 is 1.37 bits per heavy atom. The number of aliphatic imine (C=N–C) groups is 1. The summed E-state index contributed by atoms with van der Waals surface area (Å²) in [4.78, 5) is 7.00. The normalized spacial score (nSPS) is 30.0. The topological polar surface area (TPSA) is 80.2 Å². The lowest BCUT2D eigenvalue weighted by Gasteiger charge is -2.41. The lowest BCUT2D eigenvalue weighted by Crippen LogP contribution is -2.52. The fourth-order valence-electron chi connectivity index (χ4n) is 4.03. The summed E-state index contributed by atoms with van der Waals surface area (Å²) in [6.45, 7) is 10.0. The molecule has 0 aliphatic carbocycles. The monoisotopic (exact) mass is 513 g/mol.